The first kappa shape index (κ1) is 17.2. The lowest BCUT2D eigenvalue weighted by Gasteiger charge is -2.46. The molecule has 3 heteroatoms. The number of likely N-dealkylation sites (tertiary alicyclic amines) is 1. The van der Waals surface area contributed by atoms with Gasteiger partial charge >= 0.3 is 0 Å². The SMILES string of the molecule is CCCNC1C(CN2CCC(C)C2CO)CCCC1(C)C. The molecular weight excluding hydrogens is 260 g/mol. The van der Waals surface area contributed by atoms with Gasteiger partial charge in [0, 0.05) is 18.6 Å². The molecule has 1 saturated heterocycles. The quantitative estimate of drug-likeness (QED) is 0.791. The van der Waals surface area contributed by atoms with Crippen molar-refractivity contribution in [1.29, 1.82) is 0 Å². The maximum Gasteiger partial charge on any atom is 0.0589 e. The van der Waals surface area contributed by atoms with E-state index in [4.69, 9.17) is 0 Å². The van der Waals surface area contributed by atoms with Crippen molar-refractivity contribution in [2.24, 2.45) is 17.3 Å². The molecule has 0 amide bonds. The summed E-state index contributed by atoms with van der Waals surface area (Å²) in [5.41, 5.74) is 0.401. The van der Waals surface area contributed by atoms with Crippen LogP contribution in [0.25, 0.3) is 0 Å². The molecule has 2 aliphatic rings. The normalized spacial score (nSPS) is 37.0. The zero-order chi connectivity index (χ0) is 15.5. The summed E-state index contributed by atoms with van der Waals surface area (Å²) in [5.74, 6) is 1.38. The first-order valence-electron chi connectivity index (χ1n) is 9.08. The summed E-state index contributed by atoms with van der Waals surface area (Å²) in [6, 6.07) is 1.02. The van der Waals surface area contributed by atoms with E-state index in [0.29, 0.717) is 30.0 Å². The van der Waals surface area contributed by atoms with Crippen LogP contribution >= 0.6 is 0 Å². The minimum Gasteiger partial charge on any atom is -0.395 e. The standard InChI is InChI=1S/C18H36N2O/c1-5-10-19-17-15(7-6-9-18(17,3)4)12-20-11-8-14(2)16(20)13-21/h14-17,19,21H,5-13H2,1-4H3. The van der Waals surface area contributed by atoms with E-state index in [0.717, 1.165) is 12.5 Å². The molecule has 1 aliphatic heterocycles. The van der Waals surface area contributed by atoms with Crippen molar-refractivity contribution in [3.63, 3.8) is 0 Å². The van der Waals surface area contributed by atoms with E-state index in [9.17, 15) is 5.11 Å². The molecule has 2 fully saturated rings. The Kier molecular flexibility index (Phi) is 6.10. The molecule has 4 atom stereocenters. The molecule has 0 radical (unpaired) electrons. The van der Waals surface area contributed by atoms with Gasteiger partial charge in [-0.15, -0.1) is 0 Å². The van der Waals surface area contributed by atoms with Crippen LogP contribution in [0.5, 0.6) is 0 Å². The minimum atomic E-state index is 0.324. The van der Waals surface area contributed by atoms with Crippen molar-refractivity contribution in [2.45, 2.75) is 71.9 Å². The highest BCUT2D eigenvalue weighted by Crippen LogP contribution is 2.40. The van der Waals surface area contributed by atoms with Crippen LogP contribution in [-0.2, 0) is 0 Å². The van der Waals surface area contributed by atoms with Crippen molar-refractivity contribution >= 4 is 0 Å². The molecule has 0 aromatic carbocycles. The fourth-order valence-electron chi connectivity index (χ4n) is 4.63. The van der Waals surface area contributed by atoms with Crippen molar-refractivity contribution in [2.75, 3.05) is 26.2 Å². The van der Waals surface area contributed by atoms with Crippen LogP contribution in [0.1, 0.15) is 59.8 Å². The van der Waals surface area contributed by atoms with E-state index >= 15 is 0 Å². The van der Waals surface area contributed by atoms with Gasteiger partial charge in [-0.2, -0.15) is 0 Å². The molecule has 21 heavy (non-hydrogen) atoms. The average molecular weight is 296 g/mol. The summed E-state index contributed by atoms with van der Waals surface area (Å²) >= 11 is 0. The molecule has 2 N–H and O–H groups in total. The molecule has 2 rings (SSSR count). The zero-order valence-corrected chi connectivity index (χ0v) is 14.6. The molecule has 124 valence electrons. The van der Waals surface area contributed by atoms with Gasteiger partial charge in [0.05, 0.1) is 6.61 Å². The predicted molar refractivity (Wildman–Crippen MR) is 89.4 cm³/mol. The molecule has 1 heterocycles. The Balaban J connectivity index is 2.01. The van der Waals surface area contributed by atoms with Crippen molar-refractivity contribution < 1.29 is 5.11 Å². The average Bonchev–Trinajstić information content (AvgIpc) is 2.78. The topological polar surface area (TPSA) is 35.5 Å². The van der Waals surface area contributed by atoms with Crippen LogP contribution in [0.2, 0.25) is 0 Å². The summed E-state index contributed by atoms with van der Waals surface area (Å²) in [6.07, 6.45) is 6.49. The Bertz CT molecular complexity index is 318. The van der Waals surface area contributed by atoms with Crippen LogP contribution in [0.4, 0.5) is 0 Å². The Morgan fingerprint density at radius 3 is 2.71 bits per heavy atom. The molecule has 0 bridgehead atoms. The van der Waals surface area contributed by atoms with Crippen molar-refractivity contribution in [1.82, 2.24) is 10.2 Å². The molecular formula is C18H36N2O. The van der Waals surface area contributed by atoms with Gasteiger partial charge in [0.25, 0.3) is 0 Å². The van der Waals surface area contributed by atoms with Crippen LogP contribution in [0.15, 0.2) is 0 Å². The Hall–Kier alpha value is -0.120. The summed E-state index contributed by atoms with van der Waals surface area (Å²) in [7, 11) is 0. The number of hydrogen-bond acceptors (Lipinski definition) is 3. The fourth-order valence-corrected chi connectivity index (χ4v) is 4.63. The number of nitrogens with one attached hydrogen (secondary N) is 1. The van der Waals surface area contributed by atoms with E-state index in [2.05, 4.69) is 37.9 Å². The van der Waals surface area contributed by atoms with E-state index in [1.807, 2.05) is 0 Å². The maximum absolute atomic E-state index is 9.69. The molecule has 4 unspecified atom stereocenters. The van der Waals surface area contributed by atoms with Crippen LogP contribution in [0, 0.1) is 17.3 Å². The second kappa shape index (κ2) is 7.43. The highest BCUT2D eigenvalue weighted by molar-refractivity contribution is 4.96. The lowest BCUT2D eigenvalue weighted by Crippen LogP contribution is -2.53. The number of nitrogens with zero attached hydrogens (tertiary/aromatic N) is 1. The summed E-state index contributed by atoms with van der Waals surface area (Å²) in [4.78, 5) is 2.57. The maximum atomic E-state index is 9.69. The monoisotopic (exact) mass is 296 g/mol. The van der Waals surface area contributed by atoms with Crippen molar-refractivity contribution in [3.8, 4) is 0 Å². The van der Waals surface area contributed by atoms with Gasteiger partial charge < -0.3 is 10.4 Å². The van der Waals surface area contributed by atoms with E-state index < -0.39 is 0 Å². The third-order valence-electron chi connectivity index (χ3n) is 5.98. The van der Waals surface area contributed by atoms with Gasteiger partial charge in [0.1, 0.15) is 0 Å². The first-order valence-corrected chi connectivity index (χ1v) is 9.08. The van der Waals surface area contributed by atoms with Crippen molar-refractivity contribution in [3.05, 3.63) is 0 Å². The second-order valence-electron chi connectivity index (χ2n) is 8.08. The zero-order valence-electron chi connectivity index (χ0n) is 14.6. The first-order chi connectivity index (χ1) is 9.99. The third-order valence-corrected chi connectivity index (χ3v) is 5.98. The fraction of sp³-hybridized carbons (Fsp3) is 1.00. The predicted octanol–water partition coefficient (Wildman–Crippen LogP) is 2.88. The summed E-state index contributed by atoms with van der Waals surface area (Å²) in [6.45, 7) is 13.2. The smallest absolute Gasteiger partial charge is 0.0589 e. The molecule has 1 aliphatic carbocycles. The highest BCUT2D eigenvalue weighted by Gasteiger charge is 2.41. The molecule has 0 aromatic heterocycles. The van der Waals surface area contributed by atoms with Crippen LogP contribution in [0.3, 0.4) is 0 Å². The number of aliphatic hydroxyl groups is 1. The summed E-state index contributed by atoms with van der Waals surface area (Å²) in [5, 5.41) is 13.5. The molecule has 3 nitrogen and oxygen atoms in total. The second-order valence-corrected chi connectivity index (χ2v) is 8.08. The minimum absolute atomic E-state index is 0.324. The lowest BCUT2D eigenvalue weighted by atomic mass is 9.67. The third kappa shape index (κ3) is 4.00. The van der Waals surface area contributed by atoms with E-state index in [-0.39, 0.29) is 0 Å². The highest BCUT2D eigenvalue weighted by atomic mass is 16.3. The van der Waals surface area contributed by atoms with Gasteiger partial charge in [-0.3, -0.25) is 4.90 Å². The number of rotatable bonds is 6. The van der Waals surface area contributed by atoms with E-state index in [1.165, 1.54) is 45.2 Å². The van der Waals surface area contributed by atoms with Gasteiger partial charge in [-0.1, -0.05) is 34.1 Å². The molecule has 0 aromatic rings. The Morgan fingerprint density at radius 1 is 1.29 bits per heavy atom. The van der Waals surface area contributed by atoms with Gasteiger partial charge in [-0.05, 0) is 56.0 Å². The molecule has 0 spiro atoms. The summed E-state index contributed by atoms with van der Waals surface area (Å²) < 4.78 is 0. The number of hydrogen-bond donors (Lipinski definition) is 2. The Morgan fingerprint density at radius 2 is 2.05 bits per heavy atom. The number of aliphatic hydroxyl groups excluding tert-OH is 1. The largest absolute Gasteiger partial charge is 0.395 e. The van der Waals surface area contributed by atoms with Gasteiger partial charge in [0.15, 0.2) is 0 Å². The van der Waals surface area contributed by atoms with Gasteiger partial charge in [-0.25, -0.2) is 0 Å². The Labute approximate surface area is 131 Å². The molecule has 1 saturated carbocycles. The van der Waals surface area contributed by atoms with Crippen LogP contribution in [-0.4, -0.2) is 48.3 Å². The van der Waals surface area contributed by atoms with E-state index in [1.54, 1.807) is 0 Å². The lowest BCUT2D eigenvalue weighted by molar-refractivity contribution is 0.0596. The van der Waals surface area contributed by atoms with Gasteiger partial charge in [0.2, 0.25) is 0 Å². The van der Waals surface area contributed by atoms with Crippen LogP contribution < -0.4 is 5.32 Å².